The molecule has 2 saturated carbocycles. The molecule has 0 aromatic heterocycles. The molecule has 3 nitrogen and oxygen atoms in total. The summed E-state index contributed by atoms with van der Waals surface area (Å²) in [6.45, 7) is 3.99. The standard InChI is InChI=1S/C18H30O3/c1-14-17(15-8-4-2-5-9-15)12-19-18(21-14,20-13-17)16-10-6-3-7-11-16/h14-16H,2-13H2,1H3. The molecule has 0 aromatic carbocycles. The molecular weight excluding hydrogens is 264 g/mol. The lowest BCUT2D eigenvalue weighted by Crippen LogP contribution is -2.68. The molecule has 0 aromatic rings. The van der Waals surface area contributed by atoms with Crippen LogP contribution in [0.25, 0.3) is 0 Å². The zero-order chi connectivity index (χ0) is 14.3. The Bertz CT molecular complexity index is 361. The van der Waals surface area contributed by atoms with Crippen LogP contribution in [0, 0.1) is 17.3 Å². The Morgan fingerprint density at radius 1 is 0.714 bits per heavy atom. The maximum Gasteiger partial charge on any atom is 0.286 e. The van der Waals surface area contributed by atoms with E-state index in [2.05, 4.69) is 6.92 Å². The molecule has 5 rings (SSSR count). The normalized spacial score (nSPS) is 45.9. The van der Waals surface area contributed by atoms with Gasteiger partial charge in [-0.2, -0.15) is 0 Å². The molecule has 120 valence electrons. The lowest BCUT2D eigenvalue weighted by atomic mass is 9.65. The van der Waals surface area contributed by atoms with Crippen LogP contribution in [-0.2, 0) is 14.2 Å². The fraction of sp³-hybridized carbons (Fsp3) is 1.00. The summed E-state index contributed by atoms with van der Waals surface area (Å²) in [5.74, 6) is 0.472. The molecule has 0 radical (unpaired) electrons. The van der Waals surface area contributed by atoms with E-state index in [9.17, 15) is 0 Å². The van der Waals surface area contributed by atoms with Gasteiger partial charge in [-0.05, 0) is 38.5 Å². The quantitative estimate of drug-likeness (QED) is 0.762. The van der Waals surface area contributed by atoms with Crippen molar-refractivity contribution in [2.75, 3.05) is 13.2 Å². The van der Waals surface area contributed by atoms with Crippen LogP contribution in [0.2, 0.25) is 0 Å². The minimum Gasteiger partial charge on any atom is -0.326 e. The van der Waals surface area contributed by atoms with E-state index >= 15 is 0 Å². The van der Waals surface area contributed by atoms with Crippen LogP contribution in [-0.4, -0.2) is 25.3 Å². The fourth-order valence-corrected chi connectivity index (χ4v) is 5.25. The number of hydrogen-bond acceptors (Lipinski definition) is 3. The molecule has 0 amide bonds. The van der Waals surface area contributed by atoms with E-state index in [1.54, 1.807) is 0 Å². The second-order valence-corrected chi connectivity index (χ2v) is 7.84. The van der Waals surface area contributed by atoms with E-state index in [1.165, 1.54) is 64.2 Å². The van der Waals surface area contributed by atoms with E-state index in [1.807, 2.05) is 0 Å². The van der Waals surface area contributed by atoms with E-state index in [0.717, 1.165) is 19.1 Å². The maximum absolute atomic E-state index is 6.42. The molecular formula is C18H30O3. The summed E-state index contributed by atoms with van der Waals surface area (Å²) in [6.07, 6.45) is 13.4. The van der Waals surface area contributed by atoms with Crippen LogP contribution in [0.4, 0.5) is 0 Å². The molecule has 0 spiro atoms. The summed E-state index contributed by atoms with van der Waals surface area (Å²) >= 11 is 0. The first-order valence-corrected chi connectivity index (χ1v) is 9.21. The molecule has 2 bridgehead atoms. The van der Waals surface area contributed by atoms with Crippen molar-refractivity contribution in [1.82, 2.24) is 0 Å². The van der Waals surface area contributed by atoms with Crippen LogP contribution in [0.15, 0.2) is 0 Å². The van der Waals surface area contributed by atoms with Crippen LogP contribution >= 0.6 is 0 Å². The number of rotatable bonds is 2. The van der Waals surface area contributed by atoms with Crippen molar-refractivity contribution in [1.29, 1.82) is 0 Å². The maximum atomic E-state index is 6.42. The highest BCUT2D eigenvalue weighted by molar-refractivity contribution is 5.00. The Hall–Kier alpha value is -0.120. The second-order valence-electron chi connectivity index (χ2n) is 7.84. The van der Waals surface area contributed by atoms with Gasteiger partial charge in [-0.25, -0.2) is 0 Å². The minimum atomic E-state index is -0.698. The highest BCUT2D eigenvalue weighted by Gasteiger charge is 2.61. The third kappa shape index (κ3) is 2.27. The predicted octanol–water partition coefficient (Wildman–Crippen LogP) is 4.25. The van der Waals surface area contributed by atoms with Gasteiger partial charge in [0, 0.05) is 11.3 Å². The monoisotopic (exact) mass is 294 g/mol. The first kappa shape index (κ1) is 14.5. The van der Waals surface area contributed by atoms with Crippen LogP contribution in [0.3, 0.4) is 0 Å². The number of fused-ring (bicyclic) bond motifs is 3. The van der Waals surface area contributed by atoms with Crippen molar-refractivity contribution in [2.45, 2.75) is 83.2 Å². The summed E-state index contributed by atoms with van der Waals surface area (Å²) in [4.78, 5) is 0. The highest BCUT2D eigenvalue weighted by atomic mass is 16.9. The van der Waals surface area contributed by atoms with Crippen molar-refractivity contribution in [3.63, 3.8) is 0 Å². The van der Waals surface area contributed by atoms with E-state index < -0.39 is 5.97 Å². The summed E-state index contributed by atoms with van der Waals surface area (Å²) in [5.41, 5.74) is 0.122. The van der Waals surface area contributed by atoms with Gasteiger partial charge >= 0.3 is 0 Å². The Balaban J connectivity index is 1.51. The molecule has 1 atom stereocenters. The highest BCUT2D eigenvalue weighted by Crippen LogP contribution is 2.54. The van der Waals surface area contributed by atoms with Crippen molar-refractivity contribution in [3.05, 3.63) is 0 Å². The predicted molar refractivity (Wildman–Crippen MR) is 80.8 cm³/mol. The van der Waals surface area contributed by atoms with Gasteiger partial charge in [-0.1, -0.05) is 38.5 Å². The zero-order valence-corrected chi connectivity index (χ0v) is 13.4. The van der Waals surface area contributed by atoms with Crippen LogP contribution in [0.5, 0.6) is 0 Å². The Labute approximate surface area is 128 Å². The molecule has 3 heteroatoms. The summed E-state index contributed by atoms with van der Waals surface area (Å²) in [5, 5.41) is 0. The SMILES string of the molecule is CC1OC2(C3CCCCC3)OCC1(C1CCCCC1)CO2. The second kappa shape index (κ2) is 5.50. The van der Waals surface area contributed by atoms with Crippen molar-refractivity contribution < 1.29 is 14.2 Å². The lowest BCUT2D eigenvalue weighted by Gasteiger charge is -2.60. The largest absolute Gasteiger partial charge is 0.326 e. The van der Waals surface area contributed by atoms with Gasteiger partial charge in [-0.15, -0.1) is 0 Å². The lowest BCUT2D eigenvalue weighted by molar-refractivity contribution is -0.510. The molecule has 1 unspecified atom stereocenters. The van der Waals surface area contributed by atoms with Crippen LogP contribution < -0.4 is 0 Å². The third-order valence-corrected chi connectivity index (χ3v) is 6.76. The van der Waals surface area contributed by atoms with Gasteiger partial charge in [-0.3, -0.25) is 0 Å². The first-order chi connectivity index (χ1) is 10.3. The molecule has 3 saturated heterocycles. The zero-order valence-electron chi connectivity index (χ0n) is 13.4. The Morgan fingerprint density at radius 2 is 1.24 bits per heavy atom. The molecule has 3 aliphatic heterocycles. The summed E-state index contributed by atoms with van der Waals surface area (Å²) in [7, 11) is 0. The van der Waals surface area contributed by atoms with Gasteiger partial charge in [0.05, 0.1) is 19.3 Å². The minimum absolute atomic E-state index is 0.122. The van der Waals surface area contributed by atoms with E-state index in [-0.39, 0.29) is 11.5 Å². The van der Waals surface area contributed by atoms with Crippen molar-refractivity contribution in [3.8, 4) is 0 Å². The molecule has 5 fully saturated rings. The van der Waals surface area contributed by atoms with Gasteiger partial charge in [0.2, 0.25) is 0 Å². The van der Waals surface area contributed by atoms with E-state index in [0.29, 0.717) is 5.92 Å². The summed E-state index contributed by atoms with van der Waals surface area (Å²) < 4.78 is 19.0. The summed E-state index contributed by atoms with van der Waals surface area (Å²) in [6, 6.07) is 0. The molecule has 5 aliphatic rings. The number of ether oxygens (including phenoxy) is 3. The molecule has 0 N–H and O–H groups in total. The van der Waals surface area contributed by atoms with Crippen molar-refractivity contribution >= 4 is 0 Å². The average Bonchev–Trinajstić information content (AvgIpc) is 2.57. The van der Waals surface area contributed by atoms with Gasteiger partial charge in [0.15, 0.2) is 0 Å². The van der Waals surface area contributed by atoms with Gasteiger partial charge in [0.1, 0.15) is 0 Å². The Kier molecular flexibility index (Phi) is 3.79. The Morgan fingerprint density at radius 3 is 1.76 bits per heavy atom. The third-order valence-electron chi connectivity index (χ3n) is 6.76. The van der Waals surface area contributed by atoms with Gasteiger partial charge in [0.25, 0.3) is 5.97 Å². The molecule has 3 heterocycles. The van der Waals surface area contributed by atoms with E-state index in [4.69, 9.17) is 14.2 Å². The average molecular weight is 294 g/mol. The topological polar surface area (TPSA) is 27.7 Å². The fourth-order valence-electron chi connectivity index (χ4n) is 5.25. The molecule has 21 heavy (non-hydrogen) atoms. The smallest absolute Gasteiger partial charge is 0.286 e. The van der Waals surface area contributed by atoms with Crippen molar-refractivity contribution in [2.24, 2.45) is 17.3 Å². The first-order valence-electron chi connectivity index (χ1n) is 9.21. The molecule has 2 aliphatic carbocycles. The van der Waals surface area contributed by atoms with Gasteiger partial charge < -0.3 is 14.2 Å². The van der Waals surface area contributed by atoms with Crippen LogP contribution in [0.1, 0.15) is 71.1 Å². The number of hydrogen-bond donors (Lipinski definition) is 0.